The van der Waals surface area contributed by atoms with Gasteiger partial charge in [-0.3, -0.25) is 10.1 Å². The van der Waals surface area contributed by atoms with E-state index in [4.69, 9.17) is 12.2 Å². The van der Waals surface area contributed by atoms with Gasteiger partial charge in [0.1, 0.15) is 6.33 Å². The van der Waals surface area contributed by atoms with Gasteiger partial charge in [0.05, 0.1) is 6.54 Å². The fourth-order valence-corrected chi connectivity index (χ4v) is 1.39. The third-order valence-corrected chi connectivity index (χ3v) is 2.43. The zero-order chi connectivity index (χ0) is 9.97. The topological polar surface area (TPSA) is 46.5 Å². The Bertz CT molecular complexity index is 485. The summed E-state index contributed by atoms with van der Waals surface area (Å²) in [6, 6.07) is 1.99. The molecule has 0 aliphatic heterocycles. The predicted molar refractivity (Wildman–Crippen MR) is 55.5 cm³/mol. The summed E-state index contributed by atoms with van der Waals surface area (Å²) >= 11 is 5.05. The standard InChI is InChI=1S/C9H10N4S/c1-7-2-3-10-4-8(7)5-13-6-11-12-9(13)14/h2-4,6H,5H2,1H3,(H,12,14). The molecule has 0 spiro atoms. The van der Waals surface area contributed by atoms with E-state index in [0.29, 0.717) is 4.77 Å². The lowest BCUT2D eigenvalue weighted by atomic mass is 10.2. The van der Waals surface area contributed by atoms with Gasteiger partial charge in [-0.15, -0.1) is 0 Å². The Labute approximate surface area is 86.6 Å². The van der Waals surface area contributed by atoms with Crippen LogP contribution in [0.15, 0.2) is 24.8 Å². The highest BCUT2D eigenvalue weighted by Gasteiger charge is 1.99. The Balaban J connectivity index is 2.32. The molecule has 0 atom stereocenters. The van der Waals surface area contributed by atoms with Gasteiger partial charge in [0.25, 0.3) is 0 Å². The van der Waals surface area contributed by atoms with E-state index in [-0.39, 0.29) is 0 Å². The zero-order valence-corrected chi connectivity index (χ0v) is 8.58. The van der Waals surface area contributed by atoms with E-state index in [1.165, 1.54) is 5.56 Å². The first-order chi connectivity index (χ1) is 6.77. The van der Waals surface area contributed by atoms with Gasteiger partial charge in [-0.05, 0) is 36.3 Å². The monoisotopic (exact) mass is 206 g/mol. The van der Waals surface area contributed by atoms with Crippen molar-refractivity contribution in [2.75, 3.05) is 0 Å². The van der Waals surface area contributed by atoms with Crippen LogP contribution in [0.2, 0.25) is 0 Å². The highest BCUT2D eigenvalue weighted by atomic mass is 32.1. The molecular weight excluding hydrogens is 196 g/mol. The molecule has 0 aromatic carbocycles. The lowest BCUT2D eigenvalue weighted by Crippen LogP contribution is -2.00. The van der Waals surface area contributed by atoms with Gasteiger partial charge in [-0.25, -0.2) is 0 Å². The predicted octanol–water partition coefficient (Wildman–Crippen LogP) is 1.69. The van der Waals surface area contributed by atoms with Crippen molar-refractivity contribution < 1.29 is 0 Å². The van der Waals surface area contributed by atoms with E-state index in [1.807, 2.05) is 16.8 Å². The van der Waals surface area contributed by atoms with Crippen molar-refractivity contribution >= 4 is 12.2 Å². The molecule has 1 N–H and O–H groups in total. The van der Waals surface area contributed by atoms with Crippen LogP contribution >= 0.6 is 12.2 Å². The minimum Gasteiger partial charge on any atom is -0.302 e. The van der Waals surface area contributed by atoms with E-state index in [1.54, 1.807) is 12.5 Å². The molecule has 0 saturated carbocycles. The number of pyridine rings is 1. The van der Waals surface area contributed by atoms with Crippen LogP contribution in [0.25, 0.3) is 0 Å². The molecule has 2 aromatic heterocycles. The van der Waals surface area contributed by atoms with Gasteiger partial charge in [-0.2, -0.15) is 5.10 Å². The Hall–Kier alpha value is -1.49. The lowest BCUT2D eigenvalue weighted by molar-refractivity contribution is 0.773. The Morgan fingerprint density at radius 2 is 2.43 bits per heavy atom. The first-order valence-electron chi connectivity index (χ1n) is 4.26. The van der Waals surface area contributed by atoms with E-state index in [9.17, 15) is 0 Å². The minimum atomic E-state index is 0.633. The second kappa shape index (κ2) is 3.71. The summed E-state index contributed by atoms with van der Waals surface area (Å²) in [5.41, 5.74) is 2.37. The number of aryl methyl sites for hydroxylation is 1. The molecule has 2 heterocycles. The molecule has 0 bridgehead atoms. The summed E-state index contributed by atoms with van der Waals surface area (Å²) in [6.07, 6.45) is 5.33. The number of aromatic amines is 1. The fourth-order valence-electron chi connectivity index (χ4n) is 1.23. The van der Waals surface area contributed by atoms with E-state index in [0.717, 1.165) is 12.1 Å². The van der Waals surface area contributed by atoms with Crippen molar-refractivity contribution in [1.29, 1.82) is 0 Å². The van der Waals surface area contributed by atoms with Crippen LogP contribution < -0.4 is 0 Å². The molecule has 2 rings (SSSR count). The molecule has 2 aromatic rings. The maximum absolute atomic E-state index is 5.05. The Morgan fingerprint density at radius 1 is 1.57 bits per heavy atom. The van der Waals surface area contributed by atoms with Crippen LogP contribution in [0.1, 0.15) is 11.1 Å². The first-order valence-corrected chi connectivity index (χ1v) is 4.67. The summed E-state index contributed by atoms with van der Waals surface area (Å²) in [5.74, 6) is 0. The van der Waals surface area contributed by atoms with Crippen molar-refractivity contribution in [3.63, 3.8) is 0 Å². The van der Waals surface area contributed by atoms with Crippen LogP contribution in [0.4, 0.5) is 0 Å². The Morgan fingerprint density at radius 3 is 3.07 bits per heavy atom. The quantitative estimate of drug-likeness (QED) is 0.761. The van der Waals surface area contributed by atoms with Gasteiger partial charge in [0, 0.05) is 12.4 Å². The normalized spacial score (nSPS) is 10.4. The molecule has 0 fully saturated rings. The van der Waals surface area contributed by atoms with Crippen LogP contribution in [0.5, 0.6) is 0 Å². The average molecular weight is 206 g/mol. The molecule has 0 unspecified atom stereocenters. The number of H-pyrrole nitrogens is 1. The van der Waals surface area contributed by atoms with Crippen LogP contribution in [0.3, 0.4) is 0 Å². The summed E-state index contributed by atoms with van der Waals surface area (Å²) in [5, 5.41) is 6.58. The number of aromatic nitrogens is 4. The summed E-state index contributed by atoms with van der Waals surface area (Å²) < 4.78 is 2.51. The van der Waals surface area contributed by atoms with Crippen molar-refractivity contribution in [2.45, 2.75) is 13.5 Å². The summed E-state index contributed by atoms with van der Waals surface area (Å²) in [7, 11) is 0. The Kier molecular flexibility index (Phi) is 2.41. The first kappa shape index (κ1) is 9.08. The van der Waals surface area contributed by atoms with Crippen LogP contribution in [-0.4, -0.2) is 19.7 Å². The van der Waals surface area contributed by atoms with Gasteiger partial charge < -0.3 is 4.57 Å². The van der Waals surface area contributed by atoms with Gasteiger partial charge >= 0.3 is 0 Å². The number of rotatable bonds is 2. The molecule has 0 saturated heterocycles. The highest BCUT2D eigenvalue weighted by molar-refractivity contribution is 7.71. The fraction of sp³-hybridized carbons (Fsp3) is 0.222. The van der Waals surface area contributed by atoms with E-state index < -0.39 is 0 Å². The van der Waals surface area contributed by atoms with E-state index in [2.05, 4.69) is 22.1 Å². The van der Waals surface area contributed by atoms with Crippen molar-refractivity contribution in [2.24, 2.45) is 0 Å². The summed E-state index contributed by atoms with van der Waals surface area (Å²) in [4.78, 5) is 4.08. The minimum absolute atomic E-state index is 0.633. The number of hydrogen-bond donors (Lipinski definition) is 1. The molecule has 0 radical (unpaired) electrons. The second-order valence-corrected chi connectivity index (χ2v) is 3.48. The maximum atomic E-state index is 5.05. The zero-order valence-electron chi connectivity index (χ0n) is 7.77. The molecule has 0 aliphatic carbocycles. The second-order valence-electron chi connectivity index (χ2n) is 3.09. The molecule has 5 heteroatoms. The largest absolute Gasteiger partial charge is 0.302 e. The molecule has 0 amide bonds. The third kappa shape index (κ3) is 1.72. The number of nitrogens with one attached hydrogen (secondary N) is 1. The SMILES string of the molecule is Cc1ccncc1Cn1cn[nH]c1=S. The van der Waals surface area contributed by atoms with Crippen molar-refractivity contribution in [3.05, 3.63) is 40.7 Å². The number of hydrogen-bond acceptors (Lipinski definition) is 3. The van der Waals surface area contributed by atoms with Gasteiger partial charge in [0.15, 0.2) is 4.77 Å². The van der Waals surface area contributed by atoms with Crippen LogP contribution in [-0.2, 0) is 6.54 Å². The van der Waals surface area contributed by atoms with Gasteiger partial charge in [0.2, 0.25) is 0 Å². The molecule has 72 valence electrons. The van der Waals surface area contributed by atoms with Crippen LogP contribution in [0, 0.1) is 11.7 Å². The number of nitrogens with zero attached hydrogens (tertiary/aromatic N) is 3. The maximum Gasteiger partial charge on any atom is 0.195 e. The molecule has 14 heavy (non-hydrogen) atoms. The lowest BCUT2D eigenvalue weighted by Gasteiger charge is -2.04. The molecule has 4 nitrogen and oxygen atoms in total. The van der Waals surface area contributed by atoms with Crippen molar-refractivity contribution in [3.8, 4) is 0 Å². The molecular formula is C9H10N4S. The average Bonchev–Trinajstić information content (AvgIpc) is 2.56. The molecule has 0 aliphatic rings. The third-order valence-electron chi connectivity index (χ3n) is 2.11. The summed E-state index contributed by atoms with van der Waals surface area (Å²) in [6.45, 7) is 2.77. The van der Waals surface area contributed by atoms with Crippen molar-refractivity contribution in [1.82, 2.24) is 19.7 Å². The van der Waals surface area contributed by atoms with E-state index >= 15 is 0 Å². The highest BCUT2D eigenvalue weighted by Crippen LogP contribution is 2.06. The van der Waals surface area contributed by atoms with Gasteiger partial charge in [-0.1, -0.05) is 0 Å². The smallest absolute Gasteiger partial charge is 0.195 e.